The van der Waals surface area contributed by atoms with Crippen molar-refractivity contribution >= 4 is 18.3 Å². The molecule has 2 rings (SSSR count). The third-order valence-electron chi connectivity index (χ3n) is 3.33. The molecular formula is C14H23N3O3S. The molecule has 6 nitrogen and oxygen atoms in total. The van der Waals surface area contributed by atoms with Crippen LogP contribution in [0.2, 0.25) is 0 Å². The molecule has 2 heterocycles. The molecule has 0 aliphatic carbocycles. The number of morpholine rings is 1. The maximum Gasteiger partial charge on any atom is 0.268 e. The Morgan fingerprint density at radius 2 is 2.29 bits per heavy atom. The Labute approximate surface area is 130 Å². The molecule has 7 heteroatoms. The minimum absolute atomic E-state index is 0.105. The van der Waals surface area contributed by atoms with Crippen LogP contribution in [0.1, 0.15) is 13.8 Å². The van der Waals surface area contributed by atoms with Crippen molar-refractivity contribution < 1.29 is 9.47 Å². The molecule has 1 aromatic rings. The molecule has 0 N–H and O–H groups in total. The van der Waals surface area contributed by atoms with Gasteiger partial charge in [-0.15, -0.1) is 0 Å². The van der Waals surface area contributed by atoms with Crippen molar-refractivity contribution in [3.05, 3.63) is 22.6 Å². The van der Waals surface area contributed by atoms with Gasteiger partial charge in [0.05, 0.1) is 43.9 Å². The molecular weight excluding hydrogens is 290 g/mol. The zero-order valence-electron chi connectivity index (χ0n) is 12.6. The van der Waals surface area contributed by atoms with Gasteiger partial charge in [-0.1, -0.05) is 0 Å². The molecule has 0 radical (unpaired) electrons. The molecule has 0 spiro atoms. The Balaban J connectivity index is 2.00. The van der Waals surface area contributed by atoms with Crippen LogP contribution < -0.4 is 10.5 Å². The van der Waals surface area contributed by atoms with Gasteiger partial charge in [0, 0.05) is 24.9 Å². The summed E-state index contributed by atoms with van der Waals surface area (Å²) in [6.45, 7) is 7.80. The lowest BCUT2D eigenvalue weighted by Crippen LogP contribution is -2.48. The summed E-state index contributed by atoms with van der Waals surface area (Å²) in [4.78, 5) is 14.2. The van der Waals surface area contributed by atoms with E-state index in [4.69, 9.17) is 9.47 Å². The summed E-state index contributed by atoms with van der Waals surface area (Å²) in [6, 6.07) is 1.63. The largest absolute Gasteiger partial charge is 0.379 e. The van der Waals surface area contributed by atoms with E-state index < -0.39 is 0 Å². The van der Waals surface area contributed by atoms with E-state index in [1.165, 1.54) is 4.68 Å². The zero-order chi connectivity index (χ0) is 15.3. The van der Waals surface area contributed by atoms with Gasteiger partial charge in [0.2, 0.25) is 0 Å². The predicted octanol–water partition coefficient (Wildman–Crippen LogP) is 0.805. The van der Waals surface area contributed by atoms with E-state index in [1.54, 1.807) is 12.3 Å². The quantitative estimate of drug-likeness (QED) is 0.622. The van der Waals surface area contributed by atoms with Crippen LogP contribution in [-0.2, 0) is 16.0 Å². The van der Waals surface area contributed by atoms with Crippen LogP contribution in [-0.4, -0.2) is 54.0 Å². The van der Waals surface area contributed by atoms with Gasteiger partial charge in [0.25, 0.3) is 5.56 Å². The lowest BCUT2D eigenvalue weighted by molar-refractivity contribution is -0.0277. The number of hydrogen-bond acceptors (Lipinski definition) is 6. The van der Waals surface area contributed by atoms with Gasteiger partial charge in [-0.3, -0.25) is 4.79 Å². The maximum absolute atomic E-state index is 12.1. The van der Waals surface area contributed by atoms with Gasteiger partial charge >= 0.3 is 0 Å². The van der Waals surface area contributed by atoms with E-state index >= 15 is 0 Å². The van der Waals surface area contributed by atoms with Crippen molar-refractivity contribution in [2.75, 3.05) is 43.6 Å². The van der Waals surface area contributed by atoms with Crippen LogP contribution >= 0.6 is 12.6 Å². The summed E-state index contributed by atoms with van der Waals surface area (Å²) < 4.78 is 12.4. The first-order valence-corrected chi connectivity index (χ1v) is 7.80. The van der Waals surface area contributed by atoms with E-state index in [-0.39, 0.29) is 11.2 Å². The lowest BCUT2D eigenvalue weighted by Gasteiger charge is -2.39. The first kappa shape index (κ1) is 16.3. The molecule has 1 aromatic heterocycles. The average molecular weight is 313 g/mol. The van der Waals surface area contributed by atoms with Gasteiger partial charge in [-0.2, -0.15) is 17.7 Å². The van der Waals surface area contributed by atoms with Crippen molar-refractivity contribution in [2.45, 2.75) is 26.0 Å². The van der Waals surface area contributed by atoms with Gasteiger partial charge < -0.3 is 14.4 Å². The molecule has 1 aliphatic heterocycles. The highest BCUT2D eigenvalue weighted by Crippen LogP contribution is 2.21. The highest BCUT2D eigenvalue weighted by molar-refractivity contribution is 7.80. The number of rotatable bonds is 6. The highest BCUT2D eigenvalue weighted by atomic mass is 32.1. The Hall–Kier alpha value is -1.05. The third-order valence-corrected chi connectivity index (χ3v) is 3.51. The van der Waals surface area contributed by atoms with Gasteiger partial charge in [0.15, 0.2) is 0 Å². The summed E-state index contributed by atoms with van der Waals surface area (Å²) in [7, 11) is 0. The van der Waals surface area contributed by atoms with E-state index in [0.29, 0.717) is 32.1 Å². The first-order valence-electron chi connectivity index (χ1n) is 7.16. The van der Waals surface area contributed by atoms with Crippen molar-refractivity contribution in [2.24, 2.45) is 0 Å². The molecule has 1 aliphatic rings. The molecule has 0 atom stereocenters. The predicted molar refractivity (Wildman–Crippen MR) is 85.4 cm³/mol. The standard InChI is InChI=1S/C14H23N3O3S/c1-14(2)11-16(3-6-20-14)12-9-13(18)17(15-10-12)4-5-19-7-8-21/h9-10,21H,3-8,11H2,1-2H3. The van der Waals surface area contributed by atoms with Crippen LogP contribution in [0.25, 0.3) is 0 Å². The SMILES string of the molecule is CC1(C)CN(c2cnn(CCOCCS)c(=O)c2)CCO1. The van der Waals surface area contributed by atoms with Crippen LogP contribution in [0.5, 0.6) is 0 Å². The van der Waals surface area contributed by atoms with Crippen LogP contribution in [0.15, 0.2) is 17.1 Å². The first-order chi connectivity index (χ1) is 10.0. The molecule has 0 unspecified atom stereocenters. The molecule has 118 valence electrons. The fraction of sp³-hybridized carbons (Fsp3) is 0.714. The number of thiol groups is 1. The molecule has 0 amide bonds. The summed E-state index contributed by atoms with van der Waals surface area (Å²) in [6.07, 6.45) is 1.74. The van der Waals surface area contributed by atoms with Crippen LogP contribution in [0.4, 0.5) is 5.69 Å². The highest BCUT2D eigenvalue weighted by Gasteiger charge is 2.27. The molecule has 21 heavy (non-hydrogen) atoms. The topological polar surface area (TPSA) is 56.6 Å². The van der Waals surface area contributed by atoms with Crippen molar-refractivity contribution in [3.63, 3.8) is 0 Å². The fourth-order valence-corrected chi connectivity index (χ4v) is 2.45. The lowest BCUT2D eigenvalue weighted by atomic mass is 10.1. The smallest absolute Gasteiger partial charge is 0.268 e. The Bertz CT molecular complexity index is 518. The van der Waals surface area contributed by atoms with Crippen LogP contribution in [0, 0.1) is 0 Å². The van der Waals surface area contributed by atoms with Crippen molar-refractivity contribution in [1.29, 1.82) is 0 Å². The summed E-state index contributed by atoms with van der Waals surface area (Å²) in [5, 5.41) is 4.22. The van der Waals surface area contributed by atoms with Crippen molar-refractivity contribution in [1.82, 2.24) is 9.78 Å². The van der Waals surface area contributed by atoms with Crippen molar-refractivity contribution in [3.8, 4) is 0 Å². The zero-order valence-corrected chi connectivity index (χ0v) is 13.5. The van der Waals surface area contributed by atoms with Gasteiger partial charge in [0.1, 0.15) is 0 Å². The minimum Gasteiger partial charge on any atom is -0.379 e. The monoisotopic (exact) mass is 313 g/mol. The second kappa shape index (κ2) is 7.29. The van der Waals surface area contributed by atoms with Crippen LogP contribution in [0.3, 0.4) is 0 Å². The second-order valence-electron chi connectivity index (χ2n) is 5.64. The number of anilines is 1. The third kappa shape index (κ3) is 4.72. The number of hydrogen-bond donors (Lipinski definition) is 1. The Kier molecular flexibility index (Phi) is 5.66. The van der Waals surface area contributed by atoms with Gasteiger partial charge in [-0.25, -0.2) is 4.68 Å². The molecule has 1 fully saturated rings. The summed E-state index contributed by atoms with van der Waals surface area (Å²) in [5.41, 5.74) is 0.545. The number of nitrogens with zero attached hydrogens (tertiary/aromatic N) is 3. The normalized spacial score (nSPS) is 18.0. The Morgan fingerprint density at radius 3 is 2.95 bits per heavy atom. The maximum atomic E-state index is 12.1. The van der Waals surface area contributed by atoms with E-state index in [1.807, 2.05) is 13.8 Å². The van der Waals surface area contributed by atoms with Gasteiger partial charge in [-0.05, 0) is 13.8 Å². The minimum atomic E-state index is -0.201. The number of ether oxygens (including phenoxy) is 2. The second-order valence-corrected chi connectivity index (χ2v) is 6.09. The average Bonchev–Trinajstić information content (AvgIpc) is 2.44. The number of aromatic nitrogens is 2. The Morgan fingerprint density at radius 1 is 1.48 bits per heavy atom. The van der Waals surface area contributed by atoms with E-state index in [9.17, 15) is 4.79 Å². The molecule has 1 saturated heterocycles. The summed E-state index contributed by atoms with van der Waals surface area (Å²) >= 11 is 4.06. The molecule has 0 bridgehead atoms. The van der Waals surface area contributed by atoms with E-state index in [2.05, 4.69) is 22.6 Å². The summed E-state index contributed by atoms with van der Waals surface area (Å²) in [5.74, 6) is 0.675. The molecule has 0 aromatic carbocycles. The van der Waals surface area contributed by atoms with E-state index in [0.717, 1.165) is 18.8 Å². The fourth-order valence-electron chi connectivity index (χ4n) is 2.32. The molecule has 0 saturated carbocycles.